The Labute approximate surface area is 98.7 Å². The van der Waals surface area contributed by atoms with Gasteiger partial charge < -0.3 is 4.74 Å². The molecule has 86 valence electrons. The number of halogens is 2. The van der Waals surface area contributed by atoms with Gasteiger partial charge in [-0.15, -0.1) is 0 Å². The Kier molecular flexibility index (Phi) is 4.99. The fraction of sp³-hybridized carbons (Fsp3) is 0.250. The number of carbonyl (C=O) groups excluding carboxylic acids is 1. The Balaban J connectivity index is 2.62. The van der Waals surface area contributed by atoms with E-state index in [4.69, 9.17) is 16.3 Å². The third-order valence-electron chi connectivity index (χ3n) is 1.85. The first-order valence-electron chi connectivity index (χ1n) is 4.90. The lowest BCUT2D eigenvalue weighted by molar-refractivity contribution is -0.142. The minimum absolute atomic E-state index is 0.125. The molecule has 0 radical (unpaired) electrons. The second-order valence-electron chi connectivity index (χ2n) is 3.08. The highest BCUT2D eigenvalue weighted by Crippen LogP contribution is 2.16. The van der Waals surface area contributed by atoms with Crippen LogP contribution in [0.1, 0.15) is 18.9 Å². The Hall–Kier alpha value is -1.35. The molecule has 0 aliphatic rings. The van der Waals surface area contributed by atoms with Crippen molar-refractivity contribution in [2.45, 2.75) is 13.3 Å². The smallest absolute Gasteiger partial charge is 0.309 e. The topological polar surface area (TPSA) is 26.3 Å². The molecular weight excluding hydrogens is 231 g/mol. The van der Waals surface area contributed by atoms with Gasteiger partial charge in [0.05, 0.1) is 13.0 Å². The van der Waals surface area contributed by atoms with Crippen LogP contribution in [0.5, 0.6) is 0 Å². The van der Waals surface area contributed by atoms with E-state index in [2.05, 4.69) is 0 Å². The highest BCUT2D eigenvalue weighted by Gasteiger charge is 2.00. The van der Waals surface area contributed by atoms with Gasteiger partial charge >= 0.3 is 5.97 Å². The molecule has 0 amide bonds. The summed E-state index contributed by atoms with van der Waals surface area (Å²) in [4.78, 5) is 11.0. The van der Waals surface area contributed by atoms with E-state index in [0.29, 0.717) is 17.2 Å². The van der Waals surface area contributed by atoms with E-state index in [-0.39, 0.29) is 18.2 Å². The summed E-state index contributed by atoms with van der Waals surface area (Å²) in [6.45, 7) is 2.08. The lowest BCUT2D eigenvalue weighted by Crippen LogP contribution is -2.01. The van der Waals surface area contributed by atoms with Crippen LogP contribution in [0.25, 0.3) is 6.08 Å². The molecule has 4 heteroatoms. The number of rotatable bonds is 4. The fourth-order valence-corrected chi connectivity index (χ4v) is 1.32. The number of hydrogen-bond acceptors (Lipinski definition) is 2. The van der Waals surface area contributed by atoms with Crippen molar-refractivity contribution < 1.29 is 13.9 Å². The maximum absolute atomic E-state index is 13.2. The lowest BCUT2D eigenvalue weighted by Gasteiger charge is -1.98. The zero-order chi connectivity index (χ0) is 12.0. The summed E-state index contributed by atoms with van der Waals surface area (Å²) in [7, 11) is 0. The Morgan fingerprint density at radius 2 is 2.31 bits per heavy atom. The van der Waals surface area contributed by atoms with Gasteiger partial charge in [-0.3, -0.25) is 4.79 Å². The number of benzene rings is 1. The van der Waals surface area contributed by atoms with Gasteiger partial charge in [-0.1, -0.05) is 23.8 Å². The van der Waals surface area contributed by atoms with E-state index in [1.807, 2.05) is 0 Å². The zero-order valence-corrected chi connectivity index (χ0v) is 9.63. The molecule has 0 N–H and O–H groups in total. The van der Waals surface area contributed by atoms with Crippen LogP contribution in [0.2, 0.25) is 5.02 Å². The van der Waals surface area contributed by atoms with E-state index in [1.54, 1.807) is 13.0 Å². The molecule has 2 nitrogen and oxygen atoms in total. The SMILES string of the molecule is CCOC(=O)CC=Cc1cc(Cl)ccc1F. The largest absolute Gasteiger partial charge is 0.466 e. The monoisotopic (exact) mass is 242 g/mol. The maximum Gasteiger partial charge on any atom is 0.309 e. The Morgan fingerprint density at radius 3 is 3.00 bits per heavy atom. The molecule has 0 aromatic heterocycles. The van der Waals surface area contributed by atoms with Crippen LogP contribution in [-0.2, 0) is 9.53 Å². The summed E-state index contributed by atoms with van der Waals surface area (Å²) < 4.78 is 17.9. The summed E-state index contributed by atoms with van der Waals surface area (Å²) >= 11 is 5.72. The van der Waals surface area contributed by atoms with Crippen molar-refractivity contribution in [1.82, 2.24) is 0 Å². The Morgan fingerprint density at radius 1 is 1.56 bits per heavy atom. The fourth-order valence-electron chi connectivity index (χ4n) is 1.14. The van der Waals surface area contributed by atoms with E-state index in [0.717, 1.165) is 0 Å². The van der Waals surface area contributed by atoms with Crippen molar-refractivity contribution in [1.29, 1.82) is 0 Å². The number of carbonyl (C=O) groups is 1. The molecule has 0 saturated heterocycles. The van der Waals surface area contributed by atoms with Crippen molar-refractivity contribution in [2.24, 2.45) is 0 Å². The molecule has 0 spiro atoms. The summed E-state index contributed by atoms with van der Waals surface area (Å²) in [6, 6.07) is 4.25. The molecule has 0 atom stereocenters. The standard InChI is InChI=1S/C12H12ClFO2/c1-2-16-12(15)5-3-4-9-8-10(13)6-7-11(9)14/h3-4,6-8H,2,5H2,1H3. The molecule has 0 bridgehead atoms. The van der Waals surface area contributed by atoms with Gasteiger partial charge in [0.1, 0.15) is 5.82 Å². The molecule has 0 unspecified atom stereocenters. The van der Waals surface area contributed by atoms with Gasteiger partial charge in [-0.05, 0) is 25.1 Å². The van der Waals surface area contributed by atoms with Crippen molar-refractivity contribution in [3.8, 4) is 0 Å². The first kappa shape index (κ1) is 12.7. The number of hydrogen-bond donors (Lipinski definition) is 0. The highest BCUT2D eigenvalue weighted by atomic mass is 35.5. The van der Waals surface area contributed by atoms with Crippen molar-refractivity contribution in [2.75, 3.05) is 6.61 Å². The Bertz CT molecular complexity index is 402. The lowest BCUT2D eigenvalue weighted by atomic mass is 10.2. The first-order valence-corrected chi connectivity index (χ1v) is 5.28. The molecule has 0 aliphatic heterocycles. The molecular formula is C12H12ClFO2. The average Bonchev–Trinajstić information content (AvgIpc) is 2.23. The summed E-state index contributed by atoms with van der Waals surface area (Å²) in [5.74, 6) is -0.703. The van der Waals surface area contributed by atoms with Crippen LogP contribution in [0.15, 0.2) is 24.3 Å². The third kappa shape index (κ3) is 4.03. The number of ether oxygens (including phenoxy) is 1. The molecule has 0 heterocycles. The van der Waals surface area contributed by atoms with Gasteiger partial charge in [0, 0.05) is 10.6 Å². The summed E-state index contributed by atoms with van der Waals surface area (Å²) in [6.07, 6.45) is 3.19. The molecule has 0 saturated carbocycles. The van der Waals surface area contributed by atoms with Crippen LogP contribution >= 0.6 is 11.6 Å². The van der Waals surface area contributed by atoms with Gasteiger partial charge in [-0.25, -0.2) is 4.39 Å². The van der Waals surface area contributed by atoms with Crippen LogP contribution in [0, 0.1) is 5.82 Å². The van der Waals surface area contributed by atoms with Crippen molar-refractivity contribution >= 4 is 23.6 Å². The van der Waals surface area contributed by atoms with Gasteiger partial charge in [0.15, 0.2) is 0 Å². The molecule has 1 rings (SSSR count). The summed E-state index contributed by atoms with van der Waals surface area (Å²) in [5, 5.41) is 0.456. The van der Waals surface area contributed by atoms with Crippen molar-refractivity contribution in [3.05, 3.63) is 40.7 Å². The first-order chi connectivity index (χ1) is 7.63. The maximum atomic E-state index is 13.2. The second kappa shape index (κ2) is 6.28. The van der Waals surface area contributed by atoms with E-state index < -0.39 is 0 Å². The van der Waals surface area contributed by atoms with E-state index in [9.17, 15) is 9.18 Å². The normalized spacial score (nSPS) is 10.7. The number of esters is 1. The van der Waals surface area contributed by atoms with Crippen molar-refractivity contribution in [3.63, 3.8) is 0 Å². The minimum Gasteiger partial charge on any atom is -0.466 e. The summed E-state index contributed by atoms with van der Waals surface area (Å²) in [5.41, 5.74) is 0.358. The van der Waals surface area contributed by atoms with E-state index >= 15 is 0 Å². The predicted octanol–water partition coefficient (Wildman–Crippen LogP) is 3.45. The predicted molar refractivity (Wildman–Crippen MR) is 61.7 cm³/mol. The minimum atomic E-state index is -0.371. The molecule has 1 aromatic carbocycles. The third-order valence-corrected chi connectivity index (χ3v) is 2.08. The zero-order valence-electron chi connectivity index (χ0n) is 8.87. The molecule has 0 fully saturated rings. The van der Waals surface area contributed by atoms with Crippen LogP contribution in [-0.4, -0.2) is 12.6 Å². The second-order valence-corrected chi connectivity index (χ2v) is 3.51. The molecule has 16 heavy (non-hydrogen) atoms. The van der Waals surface area contributed by atoms with E-state index in [1.165, 1.54) is 24.3 Å². The highest BCUT2D eigenvalue weighted by molar-refractivity contribution is 6.30. The van der Waals surface area contributed by atoms with Gasteiger partial charge in [0.2, 0.25) is 0 Å². The molecule has 0 aliphatic carbocycles. The van der Waals surface area contributed by atoms with Gasteiger partial charge in [0.25, 0.3) is 0 Å². The van der Waals surface area contributed by atoms with Crippen LogP contribution < -0.4 is 0 Å². The quantitative estimate of drug-likeness (QED) is 0.756. The van der Waals surface area contributed by atoms with Gasteiger partial charge in [-0.2, -0.15) is 0 Å². The average molecular weight is 243 g/mol. The van der Waals surface area contributed by atoms with Crippen LogP contribution in [0.3, 0.4) is 0 Å². The molecule has 1 aromatic rings. The van der Waals surface area contributed by atoms with Crippen LogP contribution in [0.4, 0.5) is 4.39 Å².